The number of imidazole rings is 1. The number of benzene rings is 2. The van der Waals surface area contributed by atoms with Crippen molar-refractivity contribution >= 4 is 27.7 Å². The van der Waals surface area contributed by atoms with Crippen molar-refractivity contribution in [1.82, 2.24) is 19.9 Å². The van der Waals surface area contributed by atoms with Crippen LogP contribution in [-0.4, -0.2) is 20.4 Å². The van der Waals surface area contributed by atoms with E-state index >= 15 is 0 Å². The van der Waals surface area contributed by atoms with Crippen LogP contribution in [0.4, 0.5) is 0 Å². The Hall–Kier alpha value is -3.41. The lowest BCUT2D eigenvalue weighted by atomic mass is 10.1. The minimum absolute atomic E-state index is 0.0379. The van der Waals surface area contributed by atoms with Crippen LogP contribution in [0.3, 0.4) is 0 Å². The predicted octanol–water partition coefficient (Wildman–Crippen LogP) is 3.39. The van der Waals surface area contributed by atoms with Crippen LogP contribution < -0.4 is 10.9 Å². The van der Waals surface area contributed by atoms with Gasteiger partial charge < -0.3 is 14.9 Å². The van der Waals surface area contributed by atoms with Gasteiger partial charge in [0.25, 0.3) is 11.5 Å². The molecule has 2 aromatic carbocycles. The number of aromatic nitrogens is 3. The number of rotatable bonds is 4. The second-order valence-corrected chi connectivity index (χ2v) is 6.78. The molecule has 0 unspecified atom stereocenters. The van der Waals surface area contributed by atoms with Crippen molar-refractivity contribution in [3.05, 3.63) is 76.5 Å². The molecule has 0 aliphatic rings. The molecule has 27 heavy (non-hydrogen) atoms. The Bertz CT molecular complexity index is 1170. The fraction of sp³-hybridized carbons (Fsp3) is 0.190. The maximum Gasteiger partial charge on any atom is 0.258 e. The number of aromatic amines is 1. The van der Waals surface area contributed by atoms with Crippen molar-refractivity contribution < 1.29 is 4.79 Å². The average molecular weight is 360 g/mol. The molecule has 0 radical (unpaired) electrons. The summed E-state index contributed by atoms with van der Waals surface area (Å²) >= 11 is 0. The highest BCUT2D eigenvalue weighted by Gasteiger charge is 2.16. The van der Waals surface area contributed by atoms with E-state index in [2.05, 4.69) is 15.3 Å². The Morgan fingerprint density at radius 1 is 1.11 bits per heavy atom. The van der Waals surface area contributed by atoms with Crippen LogP contribution in [0, 0.1) is 0 Å². The number of amides is 1. The number of nitrogens with one attached hydrogen (secondary N) is 2. The summed E-state index contributed by atoms with van der Waals surface area (Å²) in [5.74, 6) is 0.451. The molecule has 0 aliphatic heterocycles. The van der Waals surface area contributed by atoms with E-state index in [1.165, 1.54) is 0 Å². The first-order valence-electron chi connectivity index (χ1n) is 8.90. The van der Waals surface area contributed by atoms with Crippen LogP contribution >= 0.6 is 0 Å². The summed E-state index contributed by atoms with van der Waals surface area (Å²) in [5, 5.41) is 4.10. The Morgan fingerprint density at radius 3 is 2.56 bits per heavy atom. The lowest BCUT2D eigenvalue weighted by Gasteiger charge is -2.14. The van der Waals surface area contributed by atoms with Crippen LogP contribution in [0.5, 0.6) is 0 Å². The molecule has 0 aliphatic carbocycles. The van der Waals surface area contributed by atoms with Gasteiger partial charge in [0.2, 0.25) is 0 Å². The number of H-pyrrole nitrogens is 1. The number of para-hydroxylation sites is 2. The molecule has 0 atom stereocenters. The highest BCUT2D eigenvalue weighted by Crippen LogP contribution is 2.17. The predicted molar refractivity (Wildman–Crippen MR) is 106 cm³/mol. The normalized spacial score (nSPS) is 11.4. The standard InChI is InChI=1S/C21H20N4O2/c1-13(2)25-12-16(14-7-3-4-8-15(14)21(25)27)20(26)22-11-19-23-17-9-5-6-10-18(17)24-19/h3-10,12-13H,11H2,1-2H3,(H,22,26)(H,23,24). The van der Waals surface area contributed by atoms with E-state index in [0.717, 1.165) is 11.0 Å². The topological polar surface area (TPSA) is 79.8 Å². The van der Waals surface area contributed by atoms with Crippen LogP contribution in [0.1, 0.15) is 36.1 Å². The molecular weight excluding hydrogens is 340 g/mol. The fourth-order valence-corrected chi connectivity index (χ4v) is 3.22. The van der Waals surface area contributed by atoms with Crippen molar-refractivity contribution in [1.29, 1.82) is 0 Å². The van der Waals surface area contributed by atoms with Gasteiger partial charge in [-0.05, 0) is 32.0 Å². The molecule has 4 aromatic rings. The molecular formula is C21H20N4O2. The monoisotopic (exact) mass is 360 g/mol. The van der Waals surface area contributed by atoms with Crippen molar-refractivity contribution in [2.75, 3.05) is 0 Å². The highest BCUT2D eigenvalue weighted by molar-refractivity contribution is 6.06. The summed E-state index contributed by atoms with van der Waals surface area (Å²) in [5.41, 5.74) is 2.19. The van der Waals surface area contributed by atoms with Gasteiger partial charge >= 0.3 is 0 Å². The van der Waals surface area contributed by atoms with E-state index in [1.807, 2.05) is 50.2 Å². The lowest BCUT2D eigenvalue weighted by Crippen LogP contribution is -2.28. The molecule has 0 bridgehead atoms. The van der Waals surface area contributed by atoms with Gasteiger partial charge in [-0.2, -0.15) is 0 Å². The van der Waals surface area contributed by atoms with Gasteiger partial charge in [0.05, 0.1) is 23.1 Å². The largest absolute Gasteiger partial charge is 0.345 e. The zero-order chi connectivity index (χ0) is 19.0. The molecule has 2 heterocycles. The fourth-order valence-electron chi connectivity index (χ4n) is 3.22. The van der Waals surface area contributed by atoms with Gasteiger partial charge in [-0.25, -0.2) is 4.98 Å². The molecule has 2 aromatic heterocycles. The van der Waals surface area contributed by atoms with Gasteiger partial charge in [0.1, 0.15) is 5.82 Å². The third kappa shape index (κ3) is 3.10. The van der Waals surface area contributed by atoms with Crippen molar-refractivity contribution in [3.63, 3.8) is 0 Å². The average Bonchev–Trinajstić information content (AvgIpc) is 3.09. The third-order valence-corrected chi connectivity index (χ3v) is 4.61. The second-order valence-electron chi connectivity index (χ2n) is 6.78. The number of fused-ring (bicyclic) bond motifs is 2. The summed E-state index contributed by atoms with van der Waals surface area (Å²) in [6, 6.07) is 14.9. The molecule has 1 amide bonds. The van der Waals surface area contributed by atoms with Crippen molar-refractivity contribution in [2.24, 2.45) is 0 Å². The van der Waals surface area contributed by atoms with E-state index in [9.17, 15) is 9.59 Å². The Balaban J connectivity index is 1.67. The maximum absolute atomic E-state index is 12.9. The lowest BCUT2D eigenvalue weighted by molar-refractivity contribution is 0.0951. The summed E-state index contributed by atoms with van der Waals surface area (Å²) in [6.07, 6.45) is 1.64. The number of carbonyl (C=O) groups excluding carboxylic acids is 1. The van der Waals surface area contributed by atoms with Crippen LogP contribution in [0.15, 0.2) is 59.5 Å². The molecule has 0 spiro atoms. The van der Waals surface area contributed by atoms with Gasteiger partial charge in [-0.1, -0.05) is 30.3 Å². The van der Waals surface area contributed by atoms with Crippen LogP contribution in [-0.2, 0) is 6.54 Å². The molecule has 4 rings (SSSR count). The molecule has 0 fully saturated rings. The number of hydrogen-bond donors (Lipinski definition) is 2. The quantitative estimate of drug-likeness (QED) is 0.585. The van der Waals surface area contributed by atoms with Gasteiger partial charge in [0.15, 0.2) is 0 Å². The van der Waals surface area contributed by atoms with Crippen molar-refractivity contribution in [2.45, 2.75) is 26.4 Å². The third-order valence-electron chi connectivity index (χ3n) is 4.61. The second kappa shape index (κ2) is 6.72. The SMILES string of the molecule is CC(C)n1cc(C(=O)NCc2nc3ccccc3[nH]2)c2ccccc2c1=O. The molecule has 0 saturated heterocycles. The number of nitrogens with zero attached hydrogens (tertiary/aromatic N) is 2. The molecule has 6 heteroatoms. The first kappa shape index (κ1) is 17.0. The first-order chi connectivity index (χ1) is 13.0. The number of pyridine rings is 1. The molecule has 2 N–H and O–H groups in total. The van der Waals surface area contributed by atoms with Gasteiger partial charge in [-0.3, -0.25) is 9.59 Å². The number of carbonyl (C=O) groups is 1. The number of hydrogen-bond acceptors (Lipinski definition) is 3. The van der Waals surface area contributed by atoms with Crippen LogP contribution in [0.25, 0.3) is 21.8 Å². The maximum atomic E-state index is 12.9. The minimum atomic E-state index is -0.235. The van der Waals surface area contributed by atoms with Gasteiger partial charge in [0, 0.05) is 23.0 Å². The van der Waals surface area contributed by atoms with E-state index < -0.39 is 0 Å². The minimum Gasteiger partial charge on any atom is -0.345 e. The summed E-state index contributed by atoms with van der Waals surface area (Å²) in [4.78, 5) is 33.2. The smallest absolute Gasteiger partial charge is 0.258 e. The summed E-state index contributed by atoms with van der Waals surface area (Å²) < 4.78 is 1.60. The Labute approximate surface area is 155 Å². The molecule has 136 valence electrons. The van der Waals surface area contributed by atoms with E-state index in [4.69, 9.17) is 0 Å². The molecule has 0 saturated carbocycles. The zero-order valence-electron chi connectivity index (χ0n) is 15.2. The van der Waals surface area contributed by atoms with E-state index in [1.54, 1.807) is 22.9 Å². The van der Waals surface area contributed by atoms with Crippen LogP contribution in [0.2, 0.25) is 0 Å². The van der Waals surface area contributed by atoms with E-state index in [0.29, 0.717) is 22.2 Å². The summed E-state index contributed by atoms with van der Waals surface area (Å²) in [7, 11) is 0. The summed E-state index contributed by atoms with van der Waals surface area (Å²) in [6.45, 7) is 4.13. The Morgan fingerprint density at radius 2 is 1.81 bits per heavy atom. The molecule has 6 nitrogen and oxygen atoms in total. The van der Waals surface area contributed by atoms with Crippen molar-refractivity contribution in [3.8, 4) is 0 Å². The highest BCUT2D eigenvalue weighted by atomic mass is 16.2. The first-order valence-corrected chi connectivity index (χ1v) is 8.90. The van der Waals surface area contributed by atoms with E-state index in [-0.39, 0.29) is 24.1 Å². The Kier molecular flexibility index (Phi) is 4.24. The zero-order valence-corrected chi connectivity index (χ0v) is 15.2. The van der Waals surface area contributed by atoms with Gasteiger partial charge in [-0.15, -0.1) is 0 Å².